The van der Waals surface area contributed by atoms with E-state index >= 15 is 0 Å². The van der Waals surface area contributed by atoms with Crippen LogP contribution in [0.1, 0.15) is 47.9 Å². The number of ether oxygens (including phenoxy) is 1. The zero-order chi connectivity index (χ0) is 29.0. The number of carbonyl (C=O) groups excluding carboxylic acids is 2. The van der Waals surface area contributed by atoms with Gasteiger partial charge in [0.05, 0.1) is 6.42 Å². The molecule has 0 bridgehead atoms. The van der Waals surface area contributed by atoms with Gasteiger partial charge in [-0.1, -0.05) is 24.3 Å². The minimum atomic E-state index is -1.14. The van der Waals surface area contributed by atoms with E-state index in [1.165, 1.54) is 0 Å². The summed E-state index contributed by atoms with van der Waals surface area (Å²) in [7, 11) is 0. The standard InChI is InChI=1S/C33H35N3O5/c1-21-15-22(2)17-26(16-21)35-30(37)20-23-5-8-27(9-6-23)41-33(12-3-4-13-33)32(40)36-29(31(38)39)19-24-7-10-28-25(18-24)11-14-34-28/h5-11,14-18,29,34H,3-4,12-13,19-20H2,1-2H3,(H,35,37)(H,36,40)(H,38,39)/t29-/m1/s1. The second kappa shape index (κ2) is 11.9. The van der Waals surface area contributed by atoms with Crippen LogP contribution in [0.15, 0.2) is 72.9 Å². The number of aryl methyl sites for hydroxylation is 2. The van der Waals surface area contributed by atoms with Gasteiger partial charge in [-0.25, -0.2) is 4.79 Å². The third-order valence-corrected chi connectivity index (χ3v) is 7.59. The van der Waals surface area contributed by atoms with Gasteiger partial charge < -0.3 is 25.5 Å². The molecule has 2 amide bonds. The number of hydrogen-bond donors (Lipinski definition) is 4. The number of amides is 2. The fourth-order valence-electron chi connectivity index (χ4n) is 5.62. The first-order chi connectivity index (χ1) is 19.7. The third-order valence-electron chi connectivity index (χ3n) is 7.59. The van der Waals surface area contributed by atoms with E-state index in [4.69, 9.17) is 4.74 Å². The lowest BCUT2D eigenvalue weighted by atomic mass is 9.98. The lowest BCUT2D eigenvalue weighted by Crippen LogP contribution is -2.54. The summed E-state index contributed by atoms with van der Waals surface area (Å²) in [5.41, 5.74) is 4.40. The van der Waals surface area contributed by atoms with Crippen LogP contribution in [0.25, 0.3) is 10.9 Å². The van der Waals surface area contributed by atoms with E-state index < -0.39 is 23.5 Å². The number of aromatic amines is 1. The lowest BCUT2D eigenvalue weighted by molar-refractivity contribution is -0.145. The Morgan fingerprint density at radius 3 is 2.29 bits per heavy atom. The number of anilines is 1. The van der Waals surface area contributed by atoms with Gasteiger partial charge in [0, 0.05) is 23.8 Å². The average Bonchev–Trinajstić information content (AvgIpc) is 3.59. The molecule has 1 aromatic heterocycles. The van der Waals surface area contributed by atoms with E-state index in [1.54, 1.807) is 12.1 Å². The predicted molar refractivity (Wildman–Crippen MR) is 158 cm³/mol. The number of rotatable bonds is 10. The Hall–Kier alpha value is -4.59. The summed E-state index contributed by atoms with van der Waals surface area (Å²) in [6, 6.07) is 19.6. The molecule has 0 aliphatic heterocycles. The molecule has 1 heterocycles. The number of aliphatic carboxylic acids is 1. The van der Waals surface area contributed by atoms with E-state index in [0.29, 0.717) is 18.6 Å². The van der Waals surface area contributed by atoms with Crippen molar-refractivity contribution in [1.29, 1.82) is 0 Å². The van der Waals surface area contributed by atoms with Crippen molar-refractivity contribution in [2.24, 2.45) is 0 Å². The van der Waals surface area contributed by atoms with Crippen molar-refractivity contribution in [3.8, 4) is 5.75 Å². The van der Waals surface area contributed by atoms with Gasteiger partial charge in [-0.2, -0.15) is 0 Å². The van der Waals surface area contributed by atoms with Crippen LogP contribution in [0.3, 0.4) is 0 Å². The van der Waals surface area contributed by atoms with Crippen LogP contribution in [0.4, 0.5) is 5.69 Å². The molecule has 1 aliphatic carbocycles. The maximum Gasteiger partial charge on any atom is 0.326 e. The second-order valence-electron chi connectivity index (χ2n) is 11.0. The number of carboxylic acids is 1. The number of fused-ring (bicyclic) bond motifs is 1. The number of carbonyl (C=O) groups is 3. The Labute approximate surface area is 239 Å². The summed E-state index contributed by atoms with van der Waals surface area (Å²) in [5, 5.41) is 16.6. The Bertz CT molecular complexity index is 1550. The molecule has 0 radical (unpaired) electrons. The first-order valence-corrected chi connectivity index (χ1v) is 13.9. The van der Waals surface area contributed by atoms with Gasteiger partial charge in [0.2, 0.25) is 5.91 Å². The molecule has 4 aromatic rings. The molecule has 1 saturated carbocycles. The summed E-state index contributed by atoms with van der Waals surface area (Å²) in [6.07, 6.45) is 4.82. The van der Waals surface area contributed by atoms with Crippen molar-refractivity contribution in [2.75, 3.05) is 5.32 Å². The Balaban J connectivity index is 1.23. The van der Waals surface area contributed by atoms with Crippen molar-refractivity contribution < 1.29 is 24.2 Å². The molecule has 1 fully saturated rings. The molecule has 5 rings (SSSR count). The van der Waals surface area contributed by atoms with Gasteiger partial charge in [0.1, 0.15) is 11.8 Å². The highest BCUT2D eigenvalue weighted by atomic mass is 16.5. The molecule has 1 aliphatic rings. The highest BCUT2D eigenvalue weighted by Gasteiger charge is 2.45. The summed E-state index contributed by atoms with van der Waals surface area (Å²) in [5.74, 6) is -1.12. The number of aromatic nitrogens is 1. The quantitative estimate of drug-likeness (QED) is 0.208. The van der Waals surface area contributed by atoms with Crippen LogP contribution >= 0.6 is 0 Å². The molecular weight excluding hydrogens is 518 g/mol. The van der Waals surface area contributed by atoms with Crippen molar-refractivity contribution in [2.45, 2.75) is 64.0 Å². The maximum atomic E-state index is 13.5. The second-order valence-corrected chi connectivity index (χ2v) is 11.0. The third kappa shape index (κ3) is 6.77. The average molecular weight is 554 g/mol. The lowest BCUT2D eigenvalue weighted by Gasteiger charge is -2.30. The van der Waals surface area contributed by atoms with Crippen LogP contribution in [0.2, 0.25) is 0 Å². The normalized spacial score (nSPS) is 14.9. The monoisotopic (exact) mass is 553 g/mol. The summed E-state index contributed by atoms with van der Waals surface area (Å²) in [6.45, 7) is 3.98. The van der Waals surface area contributed by atoms with Crippen LogP contribution in [-0.4, -0.2) is 39.5 Å². The Morgan fingerprint density at radius 1 is 0.927 bits per heavy atom. The van der Waals surface area contributed by atoms with E-state index in [2.05, 4.69) is 21.7 Å². The molecule has 0 saturated heterocycles. The molecule has 8 nitrogen and oxygen atoms in total. The smallest absolute Gasteiger partial charge is 0.326 e. The fraction of sp³-hybridized carbons (Fsp3) is 0.303. The first-order valence-electron chi connectivity index (χ1n) is 13.9. The SMILES string of the molecule is Cc1cc(C)cc(NC(=O)Cc2ccc(OC3(C(=O)N[C@H](Cc4ccc5[nH]ccc5c4)C(=O)O)CCCC3)cc2)c1. The van der Waals surface area contributed by atoms with Crippen molar-refractivity contribution in [1.82, 2.24) is 10.3 Å². The minimum absolute atomic E-state index is 0.120. The molecule has 1 atom stereocenters. The molecule has 4 N–H and O–H groups in total. The van der Waals surface area contributed by atoms with Gasteiger partial charge in [0.15, 0.2) is 5.60 Å². The Kier molecular flexibility index (Phi) is 8.10. The molecule has 8 heteroatoms. The van der Waals surface area contributed by atoms with Crippen molar-refractivity contribution >= 4 is 34.4 Å². The van der Waals surface area contributed by atoms with Gasteiger partial charge >= 0.3 is 5.97 Å². The number of benzene rings is 3. The number of hydrogen-bond acceptors (Lipinski definition) is 4. The van der Waals surface area contributed by atoms with Crippen LogP contribution < -0.4 is 15.4 Å². The maximum absolute atomic E-state index is 13.5. The highest BCUT2D eigenvalue weighted by Crippen LogP contribution is 2.35. The minimum Gasteiger partial charge on any atom is -0.480 e. The number of carboxylic acid groups (broad SMARTS) is 1. The molecule has 41 heavy (non-hydrogen) atoms. The van der Waals surface area contributed by atoms with E-state index in [0.717, 1.165) is 51.7 Å². The zero-order valence-corrected chi connectivity index (χ0v) is 23.3. The summed E-state index contributed by atoms with van der Waals surface area (Å²) in [4.78, 5) is 41.4. The highest BCUT2D eigenvalue weighted by molar-refractivity contribution is 5.92. The van der Waals surface area contributed by atoms with Gasteiger partial charge in [-0.3, -0.25) is 9.59 Å². The van der Waals surface area contributed by atoms with Crippen molar-refractivity contribution in [3.05, 3.63) is 95.2 Å². The number of nitrogens with one attached hydrogen (secondary N) is 3. The fourth-order valence-corrected chi connectivity index (χ4v) is 5.62. The zero-order valence-electron chi connectivity index (χ0n) is 23.3. The van der Waals surface area contributed by atoms with Crippen LogP contribution in [0, 0.1) is 13.8 Å². The van der Waals surface area contributed by atoms with Crippen molar-refractivity contribution in [3.63, 3.8) is 0 Å². The largest absolute Gasteiger partial charge is 0.480 e. The van der Waals surface area contributed by atoms with Gasteiger partial charge in [-0.15, -0.1) is 0 Å². The van der Waals surface area contributed by atoms with Gasteiger partial charge in [0.25, 0.3) is 5.91 Å². The first kappa shape index (κ1) is 28.0. The van der Waals surface area contributed by atoms with E-state index in [9.17, 15) is 19.5 Å². The van der Waals surface area contributed by atoms with E-state index in [1.807, 2.05) is 68.6 Å². The molecular formula is C33H35N3O5. The van der Waals surface area contributed by atoms with Crippen LogP contribution in [0.5, 0.6) is 5.75 Å². The van der Waals surface area contributed by atoms with E-state index in [-0.39, 0.29) is 18.7 Å². The Morgan fingerprint density at radius 2 is 1.61 bits per heavy atom. The topological polar surface area (TPSA) is 121 Å². The molecule has 0 unspecified atom stereocenters. The predicted octanol–water partition coefficient (Wildman–Crippen LogP) is 5.47. The molecule has 0 spiro atoms. The molecule has 3 aromatic carbocycles. The van der Waals surface area contributed by atoms with Gasteiger partial charge in [-0.05, 0) is 110 Å². The number of H-pyrrole nitrogens is 1. The summed E-state index contributed by atoms with van der Waals surface area (Å²) >= 11 is 0. The summed E-state index contributed by atoms with van der Waals surface area (Å²) < 4.78 is 6.28. The molecule has 212 valence electrons. The van der Waals surface area contributed by atoms with Crippen LogP contribution in [-0.2, 0) is 27.2 Å².